The molecule has 2 aromatic rings. The van der Waals surface area contributed by atoms with E-state index in [9.17, 15) is 0 Å². The van der Waals surface area contributed by atoms with Crippen molar-refractivity contribution in [2.75, 3.05) is 5.75 Å². The van der Waals surface area contributed by atoms with Gasteiger partial charge in [0.1, 0.15) is 0 Å². The van der Waals surface area contributed by atoms with Crippen LogP contribution >= 0.6 is 39.3 Å². The summed E-state index contributed by atoms with van der Waals surface area (Å²) in [6.07, 6.45) is 0. The fourth-order valence-corrected chi connectivity index (χ4v) is 3.37. The van der Waals surface area contributed by atoms with Crippen LogP contribution in [0.15, 0.2) is 57.9 Å². The molecular formula is C14H13BrClNS. The largest absolute Gasteiger partial charge is 0.323 e. The van der Waals surface area contributed by atoms with Gasteiger partial charge in [0.05, 0.1) is 0 Å². The van der Waals surface area contributed by atoms with Gasteiger partial charge in [-0.3, -0.25) is 0 Å². The Morgan fingerprint density at radius 3 is 2.67 bits per heavy atom. The van der Waals surface area contributed by atoms with E-state index in [-0.39, 0.29) is 6.04 Å². The van der Waals surface area contributed by atoms with Crippen molar-refractivity contribution in [2.24, 2.45) is 5.73 Å². The van der Waals surface area contributed by atoms with Crippen molar-refractivity contribution in [1.82, 2.24) is 0 Å². The number of rotatable bonds is 4. The molecule has 1 atom stereocenters. The van der Waals surface area contributed by atoms with Gasteiger partial charge in [0.25, 0.3) is 0 Å². The molecule has 0 heterocycles. The lowest BCUT2D eigenvalue weighted by molar-refractivity contribution is 0.831. The molecule has 94 valence electrons. The Hall–Kier alpha value is -0.480. The molecule has 0 aliphatic carbocycles. The second kappa shape index (κ2) is 6.62. The molecule has 18 heavy (non-hydrogen) atoms. The maximum Gasteiger partial charge on any atom is 0.0454 e. The predicted octanol–water partition coefficient (Wildman–Crippen LogP) is 4.89. The summed E-state index contributed by atoms with van der Waals surface area (Å²) in [6.45, 7) is 0. The van der Waals surface area contributed by atoms with Gasteiger partial charge in [-0.2, -0.15) is 0 Å². The molecule has 1 nitrogen and oxygen atoms in total. The number of halogens is 2. The second-order valence-electron chi connectivity index (χ2n) is 3.90. The Morgan fingerprint density at radius 1 is 1.17 bits per heavy atom. The van der Waals surface area contributed by atoms with Crippen LogP contribution in [-0.2, 0) is 0 Å². The molecule has 0 saturated heterocycles. The van der Waals surface area contributed by atoms with Gasteiger partial charge in [0.2, 0.25) is 0 Å². The van der Waals surface area contributed by atoms with Crippen LogP contribution in [0.1, 0.15) is 11.6 Å². The molecule has 0 radical (unpaired) electrons. The van der Waals surface area contributed by atoms with Crippen LogP contribution in [-0.4, -0.2) is 5.75 Å². The first-order valence-electron chi connectivity index (χ1n) is 5.55. The van der Waals surface area contributed by atoms with E-state index in [1.54, 1.807) is 11.8 Å². The molecule has 2 N–H and O–H groups in total. The predicted molar refractivity (Wildman–Crippen MR) is 83.2 cm³/mol. The lowest BCUT2D eigenvalue weighted by Gasteiger charge is -2.13. The Bertz CT molecular complexity index is 533. The van der Waals surface area contributed by atoms with E-state index in [1.807, 2.05) is 36.4 Å². The molecule has 0 saturated carbocycles. The fourth-order valence-electron chi connectivity index (χ4n) is 1.61. The summed E-state index contributed by atoms with van der Waals surface area (Å²) in [7, 11) is 0. The summed E-state index contributed by atoms with van der Waals surface area (Å²) in [5.41, 5.74) is 7.17. The smallest absolute Gasteiger partial charge is 0.0454 e. The summed E-state index contributed by atoms with van der Waals surface area (Å²) in [4.78, 5) is 1.20. The van der Waals surface area contributed by atoms with E-state index in [1.165, 1.54) is 4.90 Å². The van der Waals surface area contributed by atoms with Crippen LogP contribution in [0.4, 0.5) is 0 Å². The molecule has 0 spiro atoms. The van der Waals surface area contributed by atoms with Crippen molar-refractivity contribution < 1.29 is 0 Å². The summed E-state index contributed by atoms with van der Waals surface area (Å²) < 4.78 is 1.08. The summed E-state index contributed by atoms with van der Waals surface area (Å²) in [5.74, 6) is 0.806. The fraction of sp³-hybridized carbons (Fsp3) is 0.143. The van der Waals surface area contributed by atoms with Gasteiger partial charge in [0, 0.05) is 26.2 Å². The van der Waals surface area contributed by atoms with Gasteiger partial charge in [-0.05, 0) is 29.8 Å². The molecule has 2 aromatic carbocycles. The molecule has 2 rings (SSSR count). The number of benzene rings is 2. The molecule has 0 bridgehead atoms. The Morgan fingerprint density at radius 2 is 1.94 bits per heavy atom. The number of hydrogen-bond donors (Lipinski definition) is 1. The molecule has 1 unspecified atom stereocenters. The van der Waals surface area contributed by atoms with E-state index in [0.29, 0.717) is 0 Å². The third-order valence-electron chi connectivity index (χ3n) is 2.53. The molecule has 0 fully saturated rings. The highest BCUT2D eigenvalue weighted by Gasteiger charge is 2.09. The highest BCUT2D eigenvalue weighted by Crippen LogP contribution is 2.28. The van der Waals surface area contributed by atoms with Gasteiger partial charge in [-0.15, -0.1) is 11.8 Å². The van der Waals surface area contributed by atoms with Gasteiger partial charge in [-0.25, -0.2) is 0 Å². The van der Waals surface area contributed by atoms with Gasteiger partial charge in [-0.1, -0.05) is 51.8 Å². The second-order valence-corrected chi connectivity index (χ2v) is 6.31. The van der Waals surface area contributed by atoms with E-state index in [0.717, 1.165) is 20.8 Å². The van der Waals surface area contributed by atoms with Crippen LogP contribution in [0.3, 0.4) is 0 Å². The van der Waals surface area contributed by atoms with Crippen LogP contribution in [0, 0.1) is 0 Å². The molecule has 0 aromatic heterocycles. The average Bonchev–Trinajstić information content (AvgIpc) is 2.37. The van der Waals surface area contributed by atoms with Crippen molar-refractivity contribution in [2.45, 2.75) is 10.9 Å². The number of hydrogen-bond acceptors (Lipinski definition) is 2. The molecule has 0 aliphatic rings. The monoisotopic (exact) mass is 341 g/mol. The maximum absolute atomic E-state index is 6.16. The van der Waals surface area contributed by atoms with E-state index in [2.05, 4.69) is 28.1 Å². The van der Waals surface area contributed by atoms with Gasteiger partial charge >= 0.3 is 0 Å². The molecule has 4 heteroatoms. The quantitative estimate of drug-likeness (QED) is 0.800. The van der Waals surface area contributed by atoms with Crippen LogP contribution in [0.2, 0.25) is 5.02 Å². The van der Waals surface area contributed by atoms with Crippen LogP contribution in [0.5, 0.6) is 0 Å². The van der Waals surface area contributed by atoms with Crippen LogP contribution < -0.4 is 5.73 Å². The first kappa shape index (κ1) is 13.9. The zero-order chi connectivity index (χ0) is 13.0. The third-order valence-corrected chi connectivity index (χ3v) is 4.48. The van der Waals surface area contributed by atoms with Gasteiger partial charge in [0.15, 0.2) is 0 Å². The number of thioether (sulfide) groups is 1. The topological polar surface area (TPSA) is 26.0 Å². The normalized spacial score (nSPS) is 12.4. The van der Waals surface area contributed by atoms with Crippen LogP contribution in [0.25, 0.3) is 0 Å². The van der Waals surface area contributed by atoms with Crippen molar-refractivity contribution in [3.8, 4) is 0 Å². The lowest BCUT2D eigenvalue weighted by Crippen LogP contribution is -2.13. The minimum atomic E-state index is -0.0531. The minimum Gasteiger partial charge on any atom is -0.323 e. The van der Waals surface area contributed by atoms with Crippen molar-refractivity contribution in [3.05, 3.63) is 63.6 Å². The van der Waals surface area contributed by atoms with Gasteiger partial charge < -0.3 is 5.73 Å². The Kier molecular flexibility index (Phi) is 5.13. The van der Waals surface area contributed by atoms with E-state index < -0.39 is 0 Å². The van der Waals surface area contributed by atoms with Crippen molar-refractivity contribution in [3.63, 3.8) is 0 Å². The van der Waals surface area contributed by atoms with E-state index in [4.69, 9.17) is 17.3 Å². The highest BCUT2D eigenvalue weighted by atomic mass is 79.9. The zero-order valence-corrected chi connectivity index (χ0v) is 12.8. The Labute approximate surface area is 125 Å². The first-order valence-corrected chi connectivity index (χ1v) is 7.71. The summed E-state index contributed by atoms with van der Waals surface area (Å²) in [6, 6.07) is 15.9. The summed E-state index contributed by atoms with van der Waals surface area (Å²) in [5, 5.41) is 0.736. The molecule has 0 amide bonds. The third kappa shape index (κ3) is 3.75. The van der Waals surface area contributed by atoms with Crippen molar-refractivity contribution >= 4 is 39.3 Å². The lowest BCUT2D eigenvalue weighted by atomic mass is 10.1. The molecular weight excluding hydrogens is 330 g/mol. The van der Waals surface area contributed by atoms with Crippen molar-refractivity contribution in [1.29, 1.82) is 0 Å². The maximum atomic E-state index is 6.16. The number of nitrogens with two attached hydrogens (primary N) is 1. The standard InChI is InChI=1S/C14H13BrClNS/c15-10-4-3-5-11(8-10)18-9-14(17)12-6-1-2-7-13(12)16/h1-8,14H,9,17H2. The summed E-state index contributed by atoms with van der Waals surface area (Å²) >= 11 is 11.3. The SMILES string of the molecule is NC(CSc1cccc(Br)c1)c1ccccc1Cl. The first-order chi connectivity index (χ1) is 8.66. The minimum absolute atomic E-state index is 0.0531. The Balaban J connectivity index is 2.00. The highest BCUT2D eigenvalue weighted by molar-refractivity contribution is 9.10. The zero-order valence-electron chi connectivity index (χ0n) is 9.64. The average molecular weight is 343 g/mol. The molecule has 0 aliphatic heterocycles. The van der Waals surface area contributed by atoms with E-state index >= 15 is 0 Å².